The summed E-state index contributed by atoms with van der Waals surface area (Å²) in [6.07, 6.45) is 1.10. The highest BCUT2D eigenvalue weighted by Crippen LogP contribution is 2.27. The van der Waals surface area contributed by atoms with Crippen molar-refractivity contribution in [2.75, 3.05) is 7.05 Å². The Morgan fingerprint density at radius 2 is 1.84 bits per heavy atom. The summed E-state index contributed by atoms with van der Waals surface area (Å²) in [5, 5.41) is 3.37. The molecule has 1 unspecified atom stereocenters. The zero-order chi connectivity index (χ0) is 13.8. The van der Waals surface area contributed by atoms with Crippen LogP contribution in [0, 0.1) is 13.8 Å². The van der Waals surface area contributed by atoms with Crippen LogP contribution in [0.1, 0.15) is 36.1 Å². The Bertz CT molecular complexity index is 553. The minimum atomic E-state index is 0.436. The normalized spacial score (nSPS) is 12.4. The first kappa shape index (κ1) is 13.8. The van der Waals surface area contributed by atoms with E-state index >= 15 is 0 Å². The van der Waals surface area contributed by atoms with E-state index in [9.17, 15) is 0 Å². The smallest absolute Gasteiger partial charge is 0.0315 e. The van der Waals surface area contributed by atoms with Gasteiger partial charge in [-0.3, -0.25) is 0 Å². The molecular formula is C18H23N. The van der Waals surface area contributed by atoms with Crippen molar-refractivity contribution in [3.63, 3.8) is 0 Å². The number of aryl methyl sites for hydroxylation is 2. The van der Waals surface area contributed by atoms with E-state index < -0.39 is 0 Å². The second-order valence-electron chi connectivity index (χ2n) is 5.19. The van der Waals surface area contributed by atoms with Gasteiger partial charge in [0.25, 0.3) is 0 Å². The minimum absolute atomic E-state index is 0.436. The molecule has 0 fully saturated rings. The van der Waals surface area contributed by atoms with Crippen LogP contribution >= 0.6 is 0 Å². The Morgan fingerprint density at radius 3 is 2.47 bits per heavy atom. The first-order valence-corrected chi connectivity index (χ1v) is 7.00. The van der Waals surface area contributed by atoms with E-state index in [1.807, 2.05) is 7.05 Å². The molecule has 0 aliphatic rings. The number of nitrogens with one attached hydrogen (secondary N) is 1. The van der Waals surface area contributed by atoms with Crippen LogP contribution in [0.2, 0.25) is 0 Å². The maximum Gasteiger partial charge on any atom is 0.0315 e. The molecule has 0 heterocycles. The van der Waals surface area contributed by atoms with E-state index in [0.29, 0.717) is 6.04 Å². The third-order valence-electron chi connectivity index (χ3n) is 3.74. The second kappa shape index (κ2) is 6.03. The number of benzene rings is 2. The molecule has 0 spiro atoms. The van der Waals surface area contributed by atoms with Crippen LogP contribution < -0.4 is 5.32 Å². The van der Waals surface area contributed by atoms with Crippen molar-refractivity contribution in [3.05, 3.63) is 59.2 Å². The third kappa shape index (κ3) is 3.05. The lowest BCUT2D eigenvalue weighted by atomic mass is 9.95. The summed E-state index contributed by atoms with van der Waals surface area (Å²) in [7, 11) is 2.03. The maximum atomic E-state index is 3.37. The highest BCUT2D eigenvalue weighted by Gasteiger charge is 2.08. The SMILES string of the molecule is CCC(NC)c1cccc(-c2ccc(C)cc2C)c1. The standard InChI is InChI=1S/C18H23N/c1-5-18(19-4)16-8-6-7-15(12-16)17-10-9-13(2)11-14(17)3/h6-12,18-19H,5H2,1-4H3. The molecule has 0 saturated carbocycles. The predicted molar refractivity (Wildman–Crippen MR) is 83.4 cm³/mol. The largest absolute Gasteiger partial charge is 0.313 e. The van der Waals surface area contributed by atoms with E-state index in [1.54, 1.807) is 0 Å². The molecule has 100 valence electrons. The van der Waals surface area contributed by atoms with Gasteiger partial charge in [-0.05, 0) is 55.6 Å². The quantitative estimate of drug-likeness (QED) is 0.837. The summed E-state index contributed by atoms with van der Waals surface area (Å²) in [6, 6.07) is 16.0. The Balaban J connectivity index is 2.43. The summed E-state index contributed by atoms with van der Waals surface area (Å²) in [5.74, 6) is 0. The molecule has 0 saturated heterocycles. The van der Waals surface area contributed by atoms with Crippen molar-refractivity contribution in [2.45, 2.75) is 33.2 Å². The van der Waals surface area contributed by atoms with Gasteiger partial charge in [-0.15, -0.1) is 0 Å². The van der Waals surface area contributed by atoms with E-state index in [0.717, 1.165) is 6.42 Å². The van der Waals surface area contributed by atoms with Crippen molar-refractivity contribution < 1.29 is 0 Å². The summed E-state index contributed by atoms with van der Waals surface area (Å²) in [4.78, 5) is 0. The van der Waals surface area contributed by atoms with Gasteiger partial charge in [0.2, 0.25) is 0 Å². The summed E-state index contributed by atoms with van der Waals surface area (Å²) >= 11 is 0. The molecule has 0 bridgehead atoms. The van der Waals surface area contributed by atoms with Crippen LogP contribution in [-0.4, -0.2) is 7.05 Å². The monoisotopic (exact) mass is 253 g/mol. The molecule has 1 atom stereocenters. The second-order valence-corrected chi connectivity index (χ2v) is 5.19. The number of hydrogen-bond acceptors (Lipinski definition) is 1. The van der Waals surface area contributed by atoms with Crippen molar-refractivity contribution in [2.24, 2.45) is 0 Å². The predicted octanol–water partition coefficient (Wildman–Crippen LogP) is 4.64. The van der Waals surface area contributed by atoms with Crippen LogP contribution in [0.5, 0.6) is 0 Å². The van der Waals surface area contributed by atoms with Crippen LogP contribution in [-0.2, 0) is 0 Å². The van der Waals surface area contributed by atoms with Crippen LogP contribution in [0.15, 0.2) is 42.5 Å². The Morgan fingerprint density at radius 1 is 1.05 bits per heavy atom. The molecule has 19 heavy (non-hydrogen) atoms. The summed E-state index contributed by atoms with van der Waals surface area (Å²) in [5.41, 5.74) is 6.67. The van der Waals surface area contributed by atoms with Gasteiger partial charge in [-0.2, -0.15) is 0 Å². The van der Waals surface area contributed by atoms with Gasteiger partial charge < -0.3 is 5.32 Å². The van der Waals surface area contributed by atoms with Crippen molar-refractivity contribution in [1.29, 1.82) is 0 Å². The van der Waals surface area contributed by atoms with Gasteiger partial charge in [0.1, 0.15) is 0 Å². The number of hydrogen-bond donors (Lipinski definition) is 1. The fraction of sp³-hybridized carbons (Fsp3) is 0.333. The molecule has 0 aromatic heterocycles. The molecule has 0 aliphatic carbocycles. The fourth-order valence-electron chi connectivity index (χ4n) is 2.67. The molecule has 0 radical (unpaired) electrons. The molecule has 0 aliphatic heterocycles. The average Bonchev–Trinajstić information content (AvgIpc) is 2.40. The van der Waals surface area contributed by atoms with E-state index in [4.69, 9.17) is 0 Å². The van der Waals surface area contributed by atoms with Gasteiger partial charge in [0.15, 0.2) is 0 Å². The third-order valence-corrected chi connectivity index (χ3v) is 3.74. The summed E-state index contributed by atoms with van der Waals surface area (Å²) < 4.78 is 0. The minimum Gasteiger partial charge on any atom is -0.313 e. The van der Waals surface area contributed by atoms with Crippen LogP contribution in [0.25, 0.3) is 11.1 Å². The molecule has 2 aromatic rings. The van der Waals surface area contributed by atoms with E-state index in [-0.39, 0.29) is 0 Å². The number of rotatable bonds is 4. The van der Waals surface area contributed by atoms with E-state index in [2.05, 4.69) is 68.6 Å². The van der Waals surface area contributed by atoms with Gasteiger partial charge in [-0.25, -0.2) is 0 Å². The lowest BCUT2D eigenvalue weighted by molar-refractivity contribution is 0.577. The van der Waals surface area contributed by atoms with Gasteiger partial charge in [-0.1, -0.05) is 48.9 Å². The molecule has 1 heteroatoms. The van der Waals surface area contributed by atoms with Gasteiger partial charge in [0.05, 0.1) is 0 Å². The molecular weight excluding hydrogens is 230 g/mol. The lowest BCUT2D eigenvalue weighted by Gasteiger charge is -2.16. The van der Waals surface area contributed by atoms with Crippen molar-refractivity contribution in [1.82, 2.24) is 5.32 Å². The molecule has 1 N–H and O–H groups in total. The first-order chi connectivity index (χ1) is 9.15. The van der Waals surface area contributed by atoms with Crippen molar-refractivity contribution in [3.8, 4) is 11.1 Å². The molecule has 2 rings (SSSR count). The fourth-order valence-corrected chi connectivity index (χ4v) is 2.67. The van der Waals surface area contributed by atoms with Crippen LogP contribution in [0.4, 0.5) is 0 Å². The molecule has 1 nitrogen and oxygen atoms in total. The Kier molecular flexibility index (Phi) is 4.39. The highest BCUT2D eigenvalue weighted by molar-refractivity contribution is 5.68. The lowest BCUT2D eigenvalue weighted by Crippen LogP contribution is -2.15. The summed E-state index contributed by atoms with van der Waals surface area (Å²) in [6.45, 7) is 6.54. The first-order valence-electron chi connectivity index (χ1n) is 7.00. The maximum absolute atomic E-state index is 3.37. The zero-order valence-electron chi connectivity index (χ0n) is 12.3. The van der Waals surface area contributed by atoms with Gasteiger partial charge >= 0.3 is 0 Å². The highest BCUT2D eigenvalue weighted by atomic mass is 14.9. The Labute approximate surface area is 116 Å². The zero-order valence-corrected chi connectivity index (χ0v) is 12.3. The Hall–Kier alpha value is -1.60. The van der Waals surface area contributed by atoms with Crippen molar-refractivity contribution >= 4 is 0 Å². The topological polar surface area (TPSA) is 12.0 Å². The van der Waals surface area contributed by atoms with Gasteiger partial charge in [0, 0.05) is 6.04 Å². The molecule has 0 amide bonds. The van der Waals surface area contributed by atoms with E-state index in [1.165, 1.54) is 27.8 Å². The average molecular weight is 253 g/mol. The molecule has 2 aromatic carbocycles. The van der Waals surface area contributed by atoms with Crippen LogP contribution in [0.3, 0.4) is 0 Å².